The van der Waals surface area contributed by atoms with Gasteiger partial charge in [0.1, 0.15) is 0 Å². The zero-order valence-electron chi connectivity index (χ0n) is 12.1. The molecule has 1 amide bonds. The highest BCUT2D eigenvalue weighted by molar-refractivity contribution is 6.00. The Morgan fingerprint density at radius 2 is 2.10 bits per heavy atom. The number of amides is 1. The maximum absolute atomic E-state index is 12.1. The minimum absolute atomic E-state index is 0.0827. The molecule has 0 atom stereocenters. The molecule has 0 aliphatic rings. The lowest BCUT2D eigenvalue weighted by Gasteiger charge is -2.11. The molecule has 1 aromatic rings. The molecule has 0 radical (unpaired) electrons. The smallest absolute Gasteiger partial charge is 0.270 e. The monoisotopic (exact) mass is 279 g/mol. The van der Waals surface area contributed by atoms with Crippen LogP contribution < -0.4 is 10.6 Å². The lowest BCUT2D eigenvalue weighted by atomic mass is 10.1. The van der Waals surface area contributed by atoms with Gasteiger partial charge < -0.3 is 10.6 Å². The normalized spacial score (nSPS) is 10.4. The van der Waals surface area contributed by atoms with Crippen LogP contribution in [0.25, 0.3) is 0 Å². The van der Waals surface area contributed by atoms with E-state index in [1.165, 1.54) is 12.1 Å². The van der Waals surface area contributed by atoms with E-state index < -0.39 is 4.92 Å². The summed E-state index contributed by atoms with van der Waals surface area (Å²) in [4.78, 5) is 22.4. The maximum Gasteiger partial charge on any atom is 0.270 e. The highest BCUT2D eigenvalue weighted by Gasteiger charge is 2.16. The molecule has 0 saturated carbocycles. The Hall–Kier alpha value is -2.11. The molecule has 110 valence electrons. The van der Waals surface area contributed by atoms with Crippen molar-refractivity contribution in [2.24, 2.45) is 5.92 Å². The average Bonchev–Trinajstić information content (AvgIpc) is 2.38. The molecule has 0 heterocycles. The van der Waals surface area contributed by atoms with E-state index in [-0.39, 0.29) is 11.6 Å². The number of hydrogen-bond donors (Lipinski definition) is 2. The Morgan fingerprint density at radius 1 is 1.40 bits per heavy atom. The molecule has 6 heteroatoms. The first-order chi connectivity index (χ1) is 9.45. The van der Waals surface area contributed by atoms with Crippen LogP contribution in [0.3, 0.4) is 0 Å². The van der Waals surface area contributed by atoms with E-state index in [0.29, 0.717) is 30.3 Å². The van der Waals surface area contributed by atoms with Crippen molar-refractivity contribution in [2.45, 2.75) is 27.2 Å². The van der Waals surface area contributed by atoms with Crippen LogP contribution in [0, 0.1) is 16.0 Å². The Morgan fingerprint density at radius 3 is 2.65 bits per heavy atom. The topological polar surface area (TPSA) is 84.3 Å². The van der Waals surface area contributed by atoms with Gasteiger partial charge in [-0.25, -0.2) is 0 Å². The molecule has 0 saturated heterocycles. The SMILES string of the molecule is CCNc1ccc([N+](=O)[O-])cc1C(=O)NCCC(C)C. The number of rotatable bonds is 7. The molecule has 1 rings (SSSR count). The number of hydrogen-bond acceptors (Lipinski definition) is 4. The van der Waals surface area contributed by atoms with Crippen LogP contribution in [-0.4, -0.2) is 23.9 Å². The van der Waals surface area contributed by atoms with E-state index in [1.54, 1.807) is 6.07 Å². The molecule has 0 aliphatic carbocycles. The van der Waals surface area contributed by atoms with E-state index in [9.17, 15) is 14.9 Å². The van der Waals surface area contributed by atoms with Gasteiger partial charge in [0.25, 0.3) is 11.6 Å². The third-order valence-electron chi connectivity index (χ3n) is 2.83. The average molecular weight is 279 g/mol. The summed E-state index contributed by atoms with van der Waals surface area (Å²) in [6, 6.07) is 4.27. The number of nitrogens with zero attached hydrogens (tertiary/aromatic N) is 1. The molecule has 0 aliphatic heterocycles. The van der Waals surface area contributed by atoms with Crippen LogP contribution in [0.1, 0.15) is 37.6 Å². The lowest BCUT2D eigenvalue weighted by molar-refractivity contribution is -0.384. The van der Waals surface area contributed by atoms with Gasteiger partial charge in [-0.2, -0.15) is 0 Å². The molecule has 1 aromatic carbocycles. The lowest BCUT2D eigenvalue weighted by Crippen LogP contribution is -2.26. The number of carbonyl (C=O) groups excluding carboxylic acids is 1. The van der Waals surface area contributed by atoms with Gasteiger partial charge in [-0.3, -0.25) is 14.9 Å². The first kappa shape index (κ1) is 15.9. The van der Waals surface area contributed by atoms with Crippen molar-refractivity contribution < 1.29 is 9.72 Å². The van der Waals surface area contributed by atoms with Crippen molar-refractivity contribution in [3.05, 3.63) is 33.9 Å². The zero-order valence-corrected chi connectivity index (χ0v) is 12.1. The van der Waals surface area contributed by atoms with Crippen molar-refractivity contribution in [3.63, 3.8) is 0 Å². The van der Waals surface area contributed by atoms with Gasteiger partial charge in [-0.1, -0.05) is 13.8 Å². The number of carbonyl (C=O) groups is 1. The van der Waals surface area contributed by atoms with Gasteiger partial charge in [0.2, 0.25) is 0 Å². The molecular formula is C14H21N3O3. The summed E-state index contributed by atoms with van der Waals surface area (Å²) in [6.07, 6.45) is 0.872. The Balaban J connectivity index is 2.90. The molecule has 6 nitrogen and oxygen atoms in total. The third-order valence-corrected chi connectivity index (χ3v) is 2.83. The van der Waals surface area contributed by atoms with Crippen molar-refractivity contribution in [1.82, 2.24) is 5.32 Å². The maximum atomic E-state index is 12.1. The van der Waals surface area contributed by atoms with E-state index in [2.05, 4.69) is 24.5 Å². The van der Waals surface area contributed by atoms with Crippen LogP contribution in [0.5, 0.6) is 0 Å². The largest absolute Gasteiger partial charge is 0.385 e. The number of nitro groups is 1. The van der Waals surface area contributed by atoms with Crippen LogP contribution in [-0.2, 0) is 0 Å². The van der Waals surface area contributed by atoms with Crippen LogP contribution in [0.15, 0.2) is 18.2 Å². The number of nitrogens with one attached hydrogen (secondary N) is 2. The van der Waals surface area contributed by atoms with Crippen molar-refractivity contribution >= 4 is 17.3 Å². The molecule has 20 heavy (non-hydrogen) atoms. The predicted molar refractivity (Wildman–Crippen MR) is 79.0 cm³/mol. The molecule has 0 fully saturated rings. The quantitative estimate of drug-likeness (QED) is 0.593. The number of benzene rings is 1. The van der Waals surface area contributed by atoms with Gasteiger partial charge in [0.15, 0.2) is 0 Å². The van der Waals surface area contributed by atoms with Crippen molar-refractivity contribution in [2.75, 3.05) is 18.4 Å². The first-order valence-electron chi connectivity index (χ1n) is 6.76. The van der Waals surface area contributed by atoms with Crippen molar-refractivity contribution in [3.8, 4) is 0 Å². The second-order valence-electron chi connectivity index (χ2n) is 4.96. The molecule has 0 aromatic heterocycles. The van der Waals surface area contributed by atoms with E-state index in [1.807, 2.05) is 6.92 Å². The van der Waals surface area contributed by atoms with E-state index in [0.717, 1.165) is 6.42 Å². The summed E-state index contributed by atoms with van der Waals surface area (Å²) in [7, 11) is 0. The highest BCUT2D eigenvalue weighted by atomic mass is 16.6. The Labute approximate surface area is 118 Å². The van der Waals surface area contributed by atoms with Crippen LogP contribution in [0.2, 0.25) is 0 Å². The standard InChI is InChI=1S/C14H21N3O3/c1-4-15-13-6-5-11(17(19)20)9-12(13)14(18)16-8-7-10(2)3/h5-6,9-10,15H,4,7-8H2,1-3H3,(H,16,18). The highest BCUT2D eigenvalue weighted by Crippen LogP contribution is 2.22. The van der Waals surface area contributed by atoms with Gasteiger partial charge in [0.05, 0.1) is 10.5 Å². The summed E-state index contributed by atoms with van der Waals surface area (Å²) in [6.45, 7) is 7.25. The second kappa shape index (κ2) is 7.47. The Bertz CT molecular complexity index is 487. The summed E-state index contributed by atoms with van der Waals surface area (Å²) in [5, 5.41) is 16.6. The van der Waals surface area contributed by atoms with Gasteiger partial charge in [0, 0.05) is 30.9 Å². The number of non-ortho nitro benzene ring substituents is 1. The summed E-state index contributed by atoms with van der Waals surface area (Å²) in [5.41, 5.74) is 0.839. The van der Waals surface area contributed by atoms with Crippen LogP contribution in [0.4, 0.5) is 11.4 Å². The van der Waals surface area contributed by atoms with E-state index >= 15 is 0 Å². The molecule has 0 unspecified atom stereocenters. The first-order valence-corrected chi connectivity index (χ1v) is 6.76. The van der Waals surface area contributed by atoms with E-state index in [4.69, 9.17) is 0 Å². The minimum atomic E-state index is -0.499. The fraction of sp³-hybridized carbons (Fsp3) is 0.500. The third kappa shape index (κ3) is 4.53. The fourth-order valence-corrected chi connectivity index (χ4v) is 1.75. The zero-order chi connectivity index (χ0) is 15.1. The summed E-state index contributed by atoms with van der Waals surface area (Å²) < 4.78 is 0. The predicted octanol–water partition coefficient (Wildman–Crippen LogP) is 2.80. The van der Waals surface area contributed by atoms with Crippen molar-refractivity contribution in [1.29, 1.82) is 0 Å². The fourth-order valence-electron chi connectivity index (χ4n) is 1.75. The van der Waals surface area contributed by atoms with Crippen LogP contribution >= 0.6 is 0 Å². The Kier molecular flexibility index (Phi) is 5.96. The summed E-state index contributed by atoms with van der Waals surface area (Å²) >= 11 is 0. The van der Waals surface area contributed by atoms with Gasteiger partial charge >= 0.3 is 0 Å². The molecule has 2 N–H and O–H groups in total. The molecule has 0 bridgehead atoms. The number of nitro benzene ring substituents is 1. The van der Waals surface area contributed by atoms with Gasteiger partial charge in [-0.05, 0) is 25.3 Å². The molecular weight excluding hydrogens is 258 g/mol. The minimum Gasteiger partial charge on any atom is -0.385 e. The summed E-state index contributed by atoms with van der Waals surface area (Å²) in [5.74, 6) is 0.207. The van der Waals surface area contributed by atoms with Gasteiger partial charge in [-0.15, -0.1) is 0 Å². The second-order valence-corrected chi connectivity index (χ2v) is 4.96. The number of anilines is 1. The molecule has 0 spiro atoms.